The first-order valence-electron chi connectivity index (χ1n) is 8.71. The van der Waals surface area contributed by atoms with E-state index in [1.54, 1.807) is 13.0 Å². The van der Waals surface area contributed by atoms with Gasteiger partial charge >= 0.3 is 0 Å². The van der Waals surface area contributed by atoms with Crippen LogP contribution < -0.4 is 10.2 Å². The third kappa shape index (κ3) is 3.41. The second kappa shape index (κ2) is 7.10. The van der Waals surface area contributed by atoms with E-state index >= 15 is 0 Å². The molecule has 3 heterocycles. The molecule has 0 bridgehead atoms. The van der Waals surface area contributed by atoms with Crippen molar-refractivity contribution >= 4 is 17.2 Å². The summed E-state index contributed by atoms with van der Waals surface area (Å²) in [4.78, 5) is 18.6. The summed E-state index contributed by atoms with van der Waals surface area (Å²) in [5.41, 5.74) is 2.95. The van der Waals surface area contributed by atoms with Crippen LogP contribution in [0.4, 0.5) is 5.69 Å². The number of pyridine rings is 1. The van der Waals surface area contributed by atoms with Gasteiger partial charge in [0.1, 0.15) is 0 Å². The van der Waals surface area contributed by atoms with E-state index in [1.807, 2.05) is 59.9 Å². The van der Waals surface area contributed by atoms with Crippen molar-refractivity contribution < 1.29 is 9.32 Å². The van der Waals surface area contributed by atoms with Crippen LogP contribution in [-0.4, -0.2) is 44.7 Å². The zero-order valence-electron chi connectivity index (χ0n) is 15.7. The minimum Gasteiger partial charge on any atom is -0.378 e. The Morgan fingerprint density at radius 2 is 2.07 bits per heavy atom. The third-order valence-corrected chi connectivity index (χ3v) is 4.29. The highest BCUT2D eigenvalue weighted by molar-refractivity contribution is 5.95. The molecule has 0 saturated heterocycles. The van der Waals surface area contributed by atoms with Gasteiger partial charge in [0.2, 0.25) is 0 Å². The molecule has 0 aliphatic rings. The molecule has 3 aromatic heterocycles. The van der Waals surface area contributed by atoms with Crippen molar-refractivity contribution in [2.45, 2.75) is 13.5 Å². The number of aromatic nitrogens is 5. The molecule has 0 unspecified atom stereocenters. The van der Waals surface area contributed by atoms with E-state index in [-0.39, 0.29) is 12.5 Å². The Kier molecular flexibility index (Phi) is 4.48. The van der Waals surface area contributed by atoms with Gasteiger partial charge in [0.05, 0.1) is 6.54 Å². The van der Waals surface area contributed by atoms with Gasteiger partial charge in [-0.2, -0.15) is 4.98 Å². The highest BCUT2D eigenvalue weighted by atomic mass is 16.5. The lowest BCUT2D eigenvalue weighted by Crippen LogP contribution is -2.24. The van der Waals surface area contributed by atoms with Gasteiger partial charge in [-0.05, 0) is 37.3 Å². The topological polar surface area (TPSA) is 101 Å². The van der Waals surface area contributed by atoms with Crippen molar-refractivity contribution in [1.29, 1.82) is 0 Å². The van der Waals surface area contributed by atoms with Crippen LogP contribution in [0.1, 0.15) is 22.0 Å². The summed E-state index contributed by atoms with van der Waals surface area (Å²) < 4.78 is 6.99. The molecular weight excluding hydrogens is 358 g/mol. The molecule has 0 spiro atoms. The van der Waals surface area contributed by atoms with Gasteiger partial charge in [-0.15, -0.1) is 10.2 Å². The van der Waals surface area contributed by atoms with Gasteiger partial charge in [0, 0.05) is 37.1 Å². The molecule has 0 atom stereocenters. The zero-order valence-corrected chi connectivity index (χ0v) is 15.7. The standard InChI is InChI=1S/C19H19N7O2/c1-12-21-19(28-24-12)14-7-8-26-16(10-14)22-23-17(26)11-20-18(27)13-5-4-6-15(9-13)25(2)3/h4-10H,11H2,1-3H3,(H,20,27). The number of fused-ring (bicyclic) bond motifs is 1. The number of hydrogen-bond donors (Lipinski definition) is 1. The molecule has 4 aromatic rings. The average Bonchev–Trinajstić information content (AvgIpc) is 3.31. The Balaban J connectivity index is 1.51. The van der Waals surface area contributed by atoms with Crippen molar-refractivity contribution in [3.8, 4) is 11.5 Å². The van der Waals surface area contributed by atoms with Crippen LogP contribution in [0.2, 0.25) is 0 Å². The third-order valence-electron chi connectivity index (χ3n) is 4.29. The number of nitrogens with zero attached hydrogens (tertiary/aromatic N) is 6. The number of carbonyl (C=O) groups is 1. The minimum atomic E-state index is -0.168. The molecule has 9 nitrogen and oxygen atoms in total. The number of carbonyl (C=O) groups excluding carboxylic acids is 1. The van der Waals surface area contributed by atoms with Crippen molar-refractivity contribution in [3.63, 3.8) is 0 Å². The van der Waals surface area contributed by atoms with Crippen LogP contribution in [0.15, 0.2) is 47.1 Å². The second-order valence-corrected chi connectivity index (χ2v) is 6.53. The number of aryl methyl sites for hydroxylation is 1. The maximum absolute atomic E-state index is 12.5. The number of nitrogens with one attached hydrogen (secondary N) is 1. The van der Waals surface area contributed by atoms with E-state index in [1.165, 1.54) is 0 Å². The summed E-state index contributed by atoms with van der Waals surface area (Å²) >= 11 is 0. The molecule has 1 amide bonds. The van der Waals surface area contributed by atoms with Crippen LogP contribution in [0, 0.1) is 6.92 Å². The molecule has 28 heavy (non-hydrogen) atoms. The number of amides is 1. The van der Waals surface area contributed by atoms with E-state index in [4.69, 9.17) is 4.52 Å². The molecule has 4 rings (SSSR count). The fraction of sp³-hybridized carbons (Fsp3) is 0.211. The average molecular weight is 377 g/mol. The van der Waals surface area contributed by atoms with Crippen LogP contribution in [0.5, 0.6) is 0 Å². The summed E-state index contributed by atoms with van der Waals surface area (Å²) in [6.07, 6.45) is 1.82. The molecule has 1 aromatic carbocycles. The second-order valence-electron chi connectivity index (χ2n) is 6.53. The van der Waals surface area contributed by atoms with Gasteiger partial charge in [-0.3, -0.25) is 9.20 Å². The van der Waals surface area contributed by atoms with Gasteiger partial charge in [0.15, 0.2) is 17.3 Å². The molecule has 0 aliphatic carbocycles. The van der Waals surface area contributed by atoms with Crippen molar-refractivity contribution in [2.75, 3.05) is 19.0 Å². The van der Waals surface area contributed by atoms with Gasteiger partial charge < -0.3 is 14.7 Å². The Hall–Kier alpha value is -3.75. The van der Waals surface area contributed by atoms with E-state index in [9.17, 15) is 4.79 Å². The van der Waals surface area contributed by atoms with Gasteiger partial charge in [-0.1, -0.05) is 11.2 Å². The Bertz CT molecular complexity index is 1150. The zero-order chi connectivity index (χ0) is 19.7. The highest BCUT2D eigenvalue weighted by Gasteiger charge is 2.12. The normalized spacial score (nSPS) is 11.0. The first kappa shape index (κ1) is 17.7. The number of hydrogen-bond acceptors (Lipinski definition) is 7. The lowest BCUT2D eigenvalue weighted by atomic mass is 10.2. The first-order chi connectivity index (χ1) is 13.5. The lowest BCUT2D eigenvalue weighted by molar-refractivity contribution is 0.0950. The Labute approximate surface area is 161 Å². The van der Waals surface area contributed by atoms with E-state index < -0.39 is 0 Å². The van der Waals surface area contributed by atoms with Gasteiger partial charge in [-0.25, -0.2) is 0 Å². The van der Waals surface area contributed by atoms with E-state index in [2.05, 4.69) is 25.7 Å². The van der Waals surface area contributed by atoms with Gasteiger partial charge in [0.25, 0.3) is 11.8 Å². The molecule has 0 radical (unpaired) electrons. The molecule has 142 valence electrons. The van der Waals surface area contributed by atoms with E-state index in [0.29, 0.717) is 28.8 Å². The predicted molar refractivity (Wildman–Crippen MR) is 103 cm³/mol. The molecule has 0 fully saturated rings. The maximum atomic E-state index is 12.5. The van der Waals surface area contributed by atoms with Crippen LogP contribution >= 0.6 is 0 Å². The SMILES string of the molecule is Cc1noc(-c2ccn3c(CNC(=O)c4cccc(N(C)C)c4)nnc3c2)n1. The summed E-state index contributed by atoms with van der Waals surface area (Å²) in [7, 11) is 3.87. The smallest absolute Gasteiger partial charge is 0.258 e. The quantitative estimate of drug-likeness (QED) is 0.568. The highest BCUT2D eigenvalue weighted by Crippen LogP contribution is 2.19. The van der Waals surface area contributed by atoms with Crippen molar-refractivity contribution in [3.05, 3.63) is 59.8 Å². The Morgan fingerprint density at radius 1 is 1.21 bits per heavy atom. The van der Waals surface area contributed by atoms with E-state index in [0.717, 1.165) is 11.3 Å². The molecule has 9 heteroatoms. The molecule has 1 N–H and O–H groups in total. The molecule has 0 saturated carbocycles. The fourth-order valence-corrected chi connectivity index (χ4v) is 2.79. The predicted octanol–water partition coefficient (Wildman–Crippen LogP) is 2.08. The Morgan fingerprint density at radius 3 is 2.82 bits per heavy atom. The monoisotopic (exact) mass is 377 g/mol. The minimum absolute atomic E-state index is 0.168. The lowest BCUT2D eigenvalue weighted by Gasteiger charge is -2.13. The molecular formula is C19H19N7O2. The summed E-state index contributed by atoms with van der Waals surface area (Å²) in [6, 6.07) is 11.1. The maximum Gasteiger partial charge on any atom is 0.258 e. The number of benzene rings is 1. The van der Waals surface area contributed by atoms with Crippen LogP contribution in [0.3, 0.4) is 0 Å². The van der Waals surface area contributed by atoms with Crippen molar-refractivity contribution in [2.24, 2.45) is 0 Å². The summed E-state index contributed by atoms with van der Waals surface area (Å²) in [5, 5.41) is 15.0. The number of rotatable bonds is 5. The summed E-state index contributed by atoms with van der Waals surface area (Å²) in [5.74, 6) is 1.45. The first-order valence-corrected chi connectivity index (χ1v) is 8.71. The number of anilines is 1. The summed E-state index contributed by atoms with van der Waals surface area (Å²) in [6.45, 7) is 2.02. The van der Waals surface area contributed by atoms with Crippen molar-refractivity contribution in [1.82, 2.24) is 30.1 Å². The fourth-order valence-electron chi connectivity index (χ4n) is 2.79. The largest absolute Gasteiger partial charge is 0.378 e. The van der Waals surface area contributed by atoms with Crippen LogP contribution in [-0.2, 0) is 6.54 Å². The molecule has 0 aliphatic heterocycles. The van der Waals surface area contributed by atoms with Crippen LogP contribution in [0.25, 0.3) is 17.1 Å².